The van der Waals surface area contributed by atoms with E-state index >= 15 is 0 Å². The standard InChI is InChI=1S/C18H17NO3S/c1-22-13-18(12-19)16(14-8-4-2-5-9-14)17(18)23(20,21)15-10-6-3-7-11-15/h2-11,16-17H,13H2,1H3/t16-,17-,18-/m0/s1. The van der Waals surface area contributed by atoms with Gasteiger partial charge in [-0.15, -0.1) is 0 Å². The van der Waals surface area contributed by atoms with Crippen LogP contribution in [0.25, 0.3) is 0 Å². The van der Waals surface area contributed by atoms with Gasteiger partial charge in [-0.3, -0.25) is 0 Å². The van der Waals surface area contributed by atoms with E-state index in [1.807, 2.05) is 30.3 Å². The molecule has 2 aromatic rings. The van der Waals surface area contributed by atoms with Crippen molar-refractivity contribution in [1.82, 2.24) is 0 Å². The Kier molecular flexibility index (Phi) is 3.97. The van der Waals surface area contributed by atoms with Crippen molar-refractivity contribution in [2.24, 2.45) is 5.41 Å². The van der Waals surface area contributed by atoms with Crippen LogP contribution < -0.4 is 0 Å². The van der Waals surface area contributed by atoms with Gasteiger partial charge in [-0.05, 0) is 17.7 Å². The Morgan fingerprint density at radius 3 is 2.17 bits per heavy atom. The number of hydrogen-bond acceptors (Lipinski definition) is 4. The third-order valence-corrected chi connectivity index (χ3v) is 6.70. The van der Waals surface area contributed by atoms with E-state index < -0.39 is 20.5 Å². The van der Waals surface area contributed by atoms with E-state index in [2.05, 4.69) is 6.07 Å². The predicted molar refractivity (Wildman–Crippen MR) is 86.5 cm³/mol. The van der Waals surface area contributed by atoms with Gasteiger partial charge in [0.1, 0.15) is 5.41 Å². The topological polar surface area (TPSA) is 67.2 Å². The van der Waals surface area contributed by atoms with Crippen LogP contribution in [-0.4, -0.2) is 27.4 Å². The van der Waals surface area contributed by atoms with Crippen molar-refractivity contribution in [1.29, 1.82) is 5.26 Å². The molecular weight excluding hydrogens is 310 g/mol. The zero-order valence-electron chi connectivity index (χ0n) is 12.7. The molecule has 5 heteroatoms. The molecule has 0 radical (unpaired) electrons. The minimum atomic E-state index is -3.61. The molecule has 23 heavy (non-hydrogen) atoms. The lowest BCUT2D eigenvalue weighted by molar-refractivity contribution is 0.162. The Hall–Kier alpha value is -2.16. The smallest absolute Gasteiger partial charge is 0.183 e. The van der Waals surface area contributed by atoms with Gasteiger partial charge in [0.2, 0.25) is 0 Å². The monoisotopic (exact) mass is 327 g/mol. The highest BCUT2D eigenvalue weighted by Crippen LogP contribution is 2.63. The van der Waals surface area contributed by atoms with Gasteiger partial charge < -0.3 is 4.74 Å². The van der Waals surface area contributed by atoms with E-state index in [0.29, 0.717) is 0 Å². The lowest BCUT2D eigenvalue weighted by Gasteiger charge is -2.08. The minimum absolute atomic E-state index is 0.0970. The second kappa shape index (κ2) is 5.80. The second-order valence-electron chi connectivity index (χ2n) is 5.75. The van der Waals surface area contributed by atoms with Crippen molar-refractivity contribution < 1.29 is 13.2 Å². The van der Waals surface area contributed by atoms with Crippen LogP contribution in [0.5, 0.6) is 0 Å². The molecule has 3 rings (SSSR count). The van der Waals surface area contributed by atoms with E-state index in [1.165, 1.54) is 7.11 Å². The molecule has 0 heterocycles. The van der Waals surface area contributed by atoms with Crippen LogP contribution in [0.4, 0.5) is 0 Å². The summed E-state index contributed by atoms with van der Waals surface area (Å²) in [6.45, 7) is 0.0970. The number of hydrogen-bond donors (Lipinski definition) is 0. The maximum Gasteiger partial charge on any atom is 0.183 e. The molecule has 1 aliphatic carbocycles. The summed E-state index contributed by atoms with van der Waals surface area (Å²) in [6, 6.07) is 19.8. The summed E-state index contributed by atoms with van der Waals surface area (Å²) in [5.41, 5.74) is -0.180. The number of rotatable bonds is 5. The third-order valence-electron chi connectivity index (χ3n) is 4.41. The zero-order chi connectivity index (χ0) is 16.5. The number of methoxy groups -OCH3 is 1. The molecule has 3 atom stereocenters. The van der Waals surface area contributed by atoms with Crippen LogP contribution in [0.15, 0.2) is 65.6 Å². The molecular formula is C18H17NO3S. The average molecular weight is 327 g/mol. The van der Waals surface area contributed by atoms with Crippen LogP contribution in [0.3, 0.4) is 0 Å². The zero-order valence-corrected chi connectivity index (χ0v) is 13.5. The fraction of sp³-hybridized carbons (Fsp3) is 0.278. The van der Waals surface area contributed by atoms with Crippen molar-refractivity contribution in [2.75, 3.05) is 13.7 Å². The minimum Gasteiger partial charge on any atom is -0.383 e. The predicted octanol–water partition coefficient (Wildman–Crippen LogP) is 2.78. The molecule has 0 amide bonds. The van der Waals surface area contributed by atoms with Gasteiger partial charge in [0.25, 0.3) is 0 Å². The van der Waals surface area contributed by atoms with E-state index in [0.717, 1.165) is 5.56 Å². The first-order valence-corrected chi connectivity index (χ1v) is 8.86. The van der Waals surface area contributed by atoms with Gasteiger partial charge in [-0.25, -0.2) is 8.42 Å². The summed E-state index contributed by atoms with van der Waals surface area (Å²) < 4.78 is 31.2. The highest BCUT2D eigenvalue weighted by molar-refractivity contribution is 7.92. The summed E-state index contributed by atoms with van der Waals surface area (Å²) in [5, 5.41) is 8.92. The summed E-state index contributed by atoms with van der Waals surface area (Å²) in [5.74, 6) is -0.376. The molecule has 0 bridgehead atoms. The lowest BCUT2D eigenvalue weighted by Crippen LogP contribution is -2.19. The fourth-order valence-electron chi connectivity index (χ4n) is 3.33. The Labute approximate surface area is 136 Å². The number of ether oxygens (including phenoxy) is 1. The van der Waals surface area contributed by atoms with Gasteiger partial charge in [0.15, 0.2) is 9.84 Å². The molecule has 1 saturated carbocycles. The van der Waals surface area contributed by atoms with Crippen LogP contribution in [-0.2, 0) is 14.6 Å². The summed E-state index contributed by atoms with van der Waals surface area (Å²) in [4.78, 5) is 0.249. The van der Waals surface area contributed by atoms with Gasteiger partial charge in [-0.1, -0.05) is 48.5 Å². The van der Waals surface area contributed by atoms with Gasteiger partial charge in [-0.2, -0.15) is 5.26 Å². The fourth-order valence-corrected chi connectivity index (χ4v) is 5.66. The third kappa shape index (κ3) is 2.44. The molecule has 0 N–H and O–H groups in total. The molecule has 118 valence electrons. The van der Waals surface area contributed by atoms with Crippen molar-refractivity contribution in [3.63, 3.8) is 0 Å². The Balaban J connectivity index is 2.08. The van der Waals surface area contributed by atoms with E-state index in [4.69, 9.17) is 4.74 Å². The summed E-state index contributed by atoms with van der Waals surface area (Å²) in [6.07, 6.45) is 0. The molecule has 1 aliphatic rings. The maximum atomic E-state index is 13.0. The molecule has 0 aromatic heterocycles. The number of nitriles is 1. The lowest BCUT2D eigenvalue weighted by atomic mass is 10.0. The SMILES string of the molecule is COC[C@@]1(C#N)[C@@H](c2ccccc2)[C@@H]1S(=O)(=O)c1ccccc1. The largest absolute Gasteiger partial charge is 0.383 e. The van der Waals surface area contributed by atoms with E-state index in [9.17, 15) is 13.7 Å². The number of benzene rings is 2. The number of sulfone groups is 1. The molecule has 0 aliphatic heterocycles. The quantitative estimate of drug-likeness (QED) is 0.847. The first-order chi connectivity index (χ1) is 11.1. The molecule has 4 nitrogen and oxygen atoms in total. The summed E-state index contributed by atoms with van der Waals surface area (Å²) >= 11 is 0. The highest BCUT2D eigenvalue weighted by atomic mass is 32.2. The van der Waals surface area contributed by atoms with E-state index in [-0.39, 0.29) is 17.4 Å². The molecule has 0 saturated heterocycles. The van der Waals surface area contributed by atoms with Gasteiger partial charge in [0.05, 0.1) is 22.8 Å². The van der Waals surface area contributed by atoms with Gasteiger partial charge in [0, 0.05) is 13.0 Å². The summed E-state index contributed by atoms with van der Waals surface area (Å²) in [7, 11) is -2.12. The first-order valence-electron chi connectivity index (χ1n) is 7.32. The molecule has 2 aromatic carbocycles. The van der Waals surface area contributed by atoms with Crippen molar-refractivity contribution in [2.45, 2.75) is 16.1 Å². The van der Waals surface area contributed by atoms with Crippen LogP contribution in [0.2, 0.25) is 0 Å². The highest BCUT2D eigenvalue weighted by Gasteiger charge is 2.72. The second-order valence-corrected chi connectivity index (χ2v) is 7.82. The molecule has 0 spiro atoms. The normalized spacial score (nSPS) is 26.4. The Bertz CT molecular complexity index is 828. The molecule has 0 unspecified atom stereocenters. The van der Waals surface area contributed by atoms with Crippen LogP contribution in [0, 0.1) is 16.7 Å². The first kappa shape index (κ1) is 15.7. The van der Waals surface area contributed by atoms with Crippen molar-refractivity contribution >= 4 is 9.84 Å². The van der Waals surface area contributed by atoms with Gasteiger partial charge >= 0.3 is 0 Å². The van der Waals surface area contributed by atoms with E-state index in [1.54, 1.807) is 30.3 Å². The molecule has 1 fully saturated rings. The Morgan fingerprint density at radius 2 is 1.65 bits per heavy atom. The van der Waals surface area contributed by atoms with Crippen molar-refractivity contribution in [3.05, 3.63) is 66.2 Å². The average Bonchev–Trinajstić information content (AvgIpc) is 3.27. The maximum absolute atomic E-state index is 13.0. The van der Waals surface area contributed by atoms with Crippen molar-refractivity contribution in [3.8, 4) is 6.07 Å². The number of nitrogens with zero attached hydrogens (tertiary/aromatic N) is 1. The van der Waals surface area contributed by atoms with Crippen LogP contribution in [0.1, 0.15) is 11.5 Å². The van der Waals surface area contributed by atoms with Crippen LogP contribution >= 0.6 is 0 Å². The Morgan fingerprint density at radius 1 is 1.09 bits per heavy atom.